The number of nitrogens with zero attached hydrogens (tertiary/aromatic N) is 1. The number of esters is 1. The second kappa shape index (κ2) is 45.0. The van der Waals surface area contributed by atoms with Crippen molar-refractivity contribution in [2.75, 3.05) is 39.5 Å². The van der Waals surface area contributed by atoms with Crippen LogP contribution in [0, 0.1) is 11.8 Å². The Bertz CT molecular complexity index is 653. The normalized spacial score (nSPS) is 11.8. The molecule has 0 saturated heterocycles. The minimum absolute atomic E-state index is 0.00469. The number of ether oxygens (including phenoxy) is 2. The Morgan fingerprint density at radius 1 is 0.510 bits per heavy atom. The number of hydrogen-bond donors (Lipinski definition) is 1. The maximum absolute atomic E-state index is 12.3. The number of carbonyl (C=O) groups excluding carboxylic acids is 2. The van der Waals surface area contributed by atoms with Gasteiger partial charge in [-0.15, -0.1) is 0 Å². The summed E-state index contributed by atoms with van der Waals surface area (Å²) in [6, 6.07) is 0. The van der Waals surface area contributed by atoms with Crippen LogP contribution in [0.1, 0.15) is 227 Å². The third-order valence-electron chi connectivity index (χ3n) is 10.3. The summed E-state index contributed by atoms with van der Waals surface area (Å²) < 4.78 is 10.7. The minimum Gasteiger partial charge on any atom is -0.468 e. The predicted molar refractivity (Wildman–Crippen MR) is 220 cm³/mol. The number of rotatable bonds is 40. The van der Waals surface area contributed by atoms with E-state index in [2.05, 4.69) is 39.5 Å². The lowest BCUT2D eigenvalue weighted by molar-refractivity contribution is -0.145. The van der Waals surface area contributed by atoms with E-state index in [9.17, 15) is 9.59 Å². The molecule has 0 aliphatic rings. The largest absolute Gasteiger partial charge is 0.468 e. The fraction of sp³-hybridized carbons (Fsp3) is 0.956. The zero-order chi connectivity index (χ0) is 37.9. The molecule has 0 heterocycles. The van der Waals surface area contributed by atoms with E-state index in [1.54, 1.807) is 0 Å². The molecule has 1 atom stereocenters. The maximum atomic E-state index is 12.3. The fourth-order valence-corrected chi connectivity index (χ4v) is 6.85. The third-order valence-corrected chi connectivity index (χ3v) is 10.3. The van der Waals surface area contributed by atoms with Gasteiger partial charge in [0, 0.05) is 13.0 Å². The lowest BCUT2D eigenvalue weighted by Crippen LogP contribution is -2.27. The molecular weight excluding hydrogens is 634 g/mol. The lowest BCUT2D eigenvalue weighted by Gasteiger charge is -2.22. The first-order chi connectivity index (χ1) is 25.0. The summed E-state index contributed by atoms with van der Waals surface area (Å²) in [6.07, 6.45) is 36.7. The second-order valence-corrected chi connectivity index (χ2v) is 15.4. The van der Waals surface area contributed by atoms with Crippen molar-refractivity contribution in [1.82, 2.24) is 4.90 Å². The number of aliphatic hydroxyl groups is 1. The van der Waals surface area contributed by atoms with Gasteiger partial charge in [0.25, 0.3) is 6.47 Å². The molecule has 0 aromatic heterocycles. The molecule has 0 aromatic rings. The van der Waals surface area contributed by atoms with Crippen LogP contribution in [0.15, 0.2) is 0 Å². The molecule has 1 N–H and O–H groups in total. The van der Waals surface area contributed by atoms with Crippen LogP contribution in [0.4, 0.5) is 0 Å². The van der Waals surface area contributed by atoms with Crippen molar-refractivity contribution in [3.63, 3.8) is 0 Å². The summed E-state index contributed by atoms with van der Waals surface area (Å²) in [4.78, 5) is 25.1. The van der Waals surface area contributed by atoms with Crippen LogP contribution in [0.3, 0.4) is 0 Å². The van der Waals surface area contributed by atoms with Crippen LogP contribution in [0.5, 0.6) is 0 Å². The van der Waals surface area contributed by atoms with Crippen LogP contribution in [0.2, 0.25) is 0 Å². The Labute approximate surface area is 319 Å². The molecule has 0 radical (unpaired) electrons. The Hall–Kier alpha value is -1.14. The molecule has 0 aliphatic heterocycles. The highest BCUT2D eigenvalue weighted by molar-refractivity contribution is 5.69. The van der Waals surface area contributed by atoms with Crippen LogP contribution < -0.4 is 0 Å². The highest BCUT2D eigenvalue weighted by Crippen LogP contribution is 2.20. The highest BCUT2D eigenvalue weighted by atomic mass is 16.5. The van der Waals surface area contributed by atoms with Crippen LogP contribution in [0.25, 0.3) is 0 Å². The maximum Gasteiger partial charge on any atom is 0.305 e. The minimum atomic E-state index is -0.00469. The van der Waals surface area contributed by atoms with Gasteiger partial charge >= 0.3 is 5.97 Å². The molecule has 51 heavy (non-hydrogen) atoms. The second-order valence-electron chi connectivity index (χ2n) is 15.4. The van der Waals surface area contributed by atoms with Gasteiger partial charge in [-0.2, -0.15) is 0 Å². The molecule has 0 aliphatic carbocycles. The van der Waals surface area contributed by atoms with E-state index in [0.717, 1.165) is 45.3 Å². The molecule has 1 unspecified atom stereocenters. The van der Waals surface area contributed by atoms with Crippen molar-refractivity contribution in [2.24, 2.45) is 11.8 Å². The van der Waals surface area contributed by atoms with E-state index >= 15 is 0 Å². The topological polar surface area (TPSA) is 76.1 Å². The zero-order valence-corrected chi connectivity index (χ0v) is 35.2. The lowest BCUT2D eigenvalue weighted by atomic mass is 9.95. The molecule has 0 aromatic carbocycles. The first-order valence-electron chi connectivity index (χ1n) is 22.6. The molecule has 0 amide bonds. The van der Waals surface area contributed by atoms with Crippen molar-refractivity contribution in [1.29, 1.82) is 0 Å². The number of hydrogen-bond acceptors (Lipinski definition) is 6. The third kappa shape index (κ3) is 41.5. The van der Waals surface area contributed by atoms with Gasteiger partial charge in [-0.1, -0.05) is 163 Å². The molecular formula is C45H91NO5. The van der Waals surface area contributed by atoms with Crippen molar-refractivity contribution in [3.05, 3.63) is 0 Å². The standard InChI is InChI=1S/C28H57NO3.C17H34O2/c1-4-7-10-12-19-27(20-13-11-8-5-2)26-32-28(31)21-14-16-23-29(22-15-9-6-3)24-17-18-25-30;1-3-5-7-9-10-12-14-17(15-19-16-18)13-11-8-6-4-2/h27,30H,4-26H2,1-3H3;16-17H,3-15H2,1-2H3. The average molecular weight is 726 g/mol. The molecule has 6 nitrogen and oxygen atoms in total. The van der Waals surface area contributed by atoms with Gasteiger partial charge in [0.15, 0.2) is 0 Å². The van der Waals surface area contributed by atoms with Gasteiger partial charge in [0.1, 0.15) is 0 Å². The van der Waals surface area contributed by atoms with E-state index in [1.165, 1.54) is 161 Å². The summed E-state index contributed by atoms with van der Waals surface area (Å²) in [5.41, 5.74) is 0. The van der Waals surface area contributed by atoms with Crippen molar-refractivity contribution >= 4 is 12.4 Å². The number of carbonyl (C=O) groups is 2. The molecule has 0 bridgehead atoms. The first-order valence-corrected chi connectivity index (χ1v) is 22.6. The van der Waals surface area contributed by atoms with Crippen LogP contribution in [-0.4, -0.2) is 61.9 Å². The van der Waals surface area contributed by atoms with Gasteiger partial charge in [-0.05, 0) is 89.3 Å². The molecule has 0 spiro atoms. The van der Waals surface area contributed by atoms with Crippen molar-refractivity contribution in [2.45, 2.75) is 227 Å². The van der Waals surface area contributed by atoms with Crippen LogP contribution >= 0.6 is 0 Å². The highest BCUT2D eigenvalue weighted by Gasteiger charge is 2.13. The Kier molecular flexibility index (Phi) is 45.9. The molecule has 0 rings (SSSR count). The molecule has 6 heteroatoms. The summed E-state index contributed by atoms with van der Waals surface area (Å²) in [7, 11) is 0. The van der Waals surface area contributed by atoms with Gasteiger partial charge < -0.3 is 19.5 Å². The first kappa shape index (κ1) is 52.0. The van der Waals surface area contributed by atoms with E-state index in [0.29, 0.717) is 37.9 Å². The Morgan fingerprint density at radius 2 is 0.882 bits per heavy atom. The quantitative estimate of drug-likeness (QED) is 0.0385. The summed E-state index contributed by atoms with van der Waals surface area (Å²) >= 11 is 0. The summed E-state index contributed by atoms with van der Waals surface area (Å²) in [5.74, 6) is 1.14. The average Bonchev–Trinajstić information content (AvgIpc) is 3.14. The van der Waals surface area contributed by atoms with E-state index < -0.39 is 0 Å². The molecule has 0 saturated carbocycles. The predicted octanol–water partition coefficient (Wildman–Crippen LogP) is 13.0. The van der Waals surface area contributed by atoms with Gasteiger partial charge in [0.2, 0.25) is 0 Å². The zero-order valence-electron chi connectivity index (χ0n) is 35.2. The van der Waals surface area contributed by atoms with Gasteiger partial charge in [-0.3, -0.25) is 9.59 Å². The van der Waals surface area contributed by atoms with Crippen LogP contribution in [-0.2, 0) is 19.1 Å². The van der Waals surface area contributed by atoms with Gasteiger partial charge in [-0.25, -0.2) is 0 Å². The van der Waals surface area contributed by atoms with E-state index in [4.69, 9.17) is 14.6 Å². The Balaban J connectivity index is 0. The van der Waals surface area contributed by atoms with Crippen molar-refractivity contribution < 1.29 is 24.2 Å². The van der Waals surface area contributed by atoms with Gasteiger partial charge in [0.05, 0.1) is 13.2 Å². The van der Waals surface area contributed by atoms with E-state index in [1.807, 2.05) is 0 Å². The number of unbranched alkanes of at least 4 members (excludes halogenated alkanes) is 18. The van der Waals surface area contributed by atoms with E-state index in [-0.39, 0.29) is 12.6 Å². The number of aliphatic hydroxyl groups excluding tert-OH is 1. The summed E-state index contributed by atoms with van der Waals surface area (Å²) in [6.45, 7) is 16.6. The smallest absolute Gasteiger partial charge is 0.305 e. The summed E-state index contributed by atoms with van der Waals surface area (Å²) in [5, 5.41) is 9.03. The Morgan fingerprint density at radius 3 is 1.33 bits per heavy atom. The fourth-order valence-electron chi connectivity index (χ4n) is 6.85. The molecule has 306 valence electrons. The monoisotopic (exact) mass is 726 g/mol. The molecule has 0 fully saturated rings. The van der Waals surface area contributed by atoms with Crippen molar-refractivity contribution in [3.8, 4) is 0 Å². The SMILES string of the molecule is CCCCCCC(CCCCCC)COC(=O)CCCCN(CCCCC)CCCCO.CCCCCCCCC(CCCCCC)COC=O.